The summed E-state index contributed by atoms with van der Waals surface area (Å²) in [5.41, 5.74) is 1.47. The van der Waals surface area contributed by atoms with Gasteiger partial charge >= 0.3 is 0 Å². The van der Waals surface area contributed by atoms with Crippen LogP contribution in [0.4, 0.5) is 5.13 Å². The van der Waals surface area contributed by atoms with E-state index in [-0.39, 0.29) is 22.8 Å². The quantitative estimate of drug-likeness (QED) is 0.402. The third-order valence-corrected chi connectivity index (χ3v) is 7.78. The van der Waals surface area contributed by atoms with Gasteiger partial charge in [-0.05, 0) is 36.4 Å². The van der Waals surface area contributed by atoms with Gasteiger partial charge in [-0.2, -0.15) is 0 Å². The number of hydrogen-bond acceptors (Lipinski definition) is 7. The molecule has 0 saturated heterocycles. The Kier molecular flexibility index (Phi) is 6.20. The van der Waals surface area contributed by atoms with Gasteiger partial charge in [-0.3, -0.25) is 14.7 Å². The number of hydrogen-bond donors (Lipinski definition) is 0. The van der Waals surface area contributed by atoms with E-state index in [1.807, 2.05) is 24.3 Å². The molecule has 2 aromatic heterocycles. The molecule has 0 unspecified atom stereocenters. The van der Waals surface area contributed by atoms with E-state index in [0.29, 0.717) is 22.1 Å². The highest BCUT2D eigenvalue weighted by Gasteiger charge is 2.27. The lowest BCUT2D eigenvalue weighted by atomic mass is 10.2. The molecule has 1 amide bonds. The van der Waals surface area contributed by atoms with Gasteiger partial charge in [-0.15, -0.1) is 0 Å². The van der Waals surface area contributed by atoms with Gasteiger partial charge < -0.3 is 4.74 Å². The second-order valence-corrected chi connectivity index (χ2v) is 10.2. The van der Waals surface area contributed by atoms with E-state index in [1.54, 1.807) is 44.5 Å². The monoisotopic (exact) mass is 467 g/mol. The molecule has 2 heterocycles. The minimum Gasteiger partial charge on any atom is -0.497 e. The Labute approximate surface area is 190 Å². The third kappa shape index (κ3) is 4.35. The molecule has 4 aromatic rings. The molecule has 2 aromatic carbocycles. The number of amides is 1. The van der Waals surface area contributed by atoms with E-state index in [9.17, 15) is 13.2 Å². The Morgan fingerprint density at radius 2 is 1.88 bits per heavy atom. The first-order valence-electron chi connectivity index (χ1n) is 9.91. The number of anilines is 1. The number of benzene rings is 2. The summed E-state index contributed by atoms with van der Waals surface area (Å²) in [7, 11) is -2.01. The highest BCUT2D eigenvalue weighted by Crippen LogP contribution is 2.33. The first kappa shape index (κ1) is 21.9. The molecule has 164 valence electrons. The van der Waals surface area contributed by atoms with Gasteiger partial charge in [0.1, 0.15) is 5.75 Å². The summed E-state index contributed by atoms with van der Waals surface area (Å²) < 4.78 is 31.5. The van der Waals surface area contributed by atoms with Crippen molar-refractivity contribution in [3.05, 3.63) is 78.1 Å². The first-order chi connectivity index (χ1) is 15.4. The van der Waals surface area contributed by atoms with Crippen LogP contribution >= 0.6 is 11.3 Å². The first-order valence-corrected chi connectivity index (χ1v) is 12.4. The molecule has 0 spiro atoms. The van der Waals surface area contributed by atoms with Crippen molar-refractivity contribution < 1.29 is 17.9 Å². The number of ether oxygens (including phenoxy) is 1. The summed E-state index contributed by atoms with van der Waals surface area (Å²) >= 11 is 1.35. The molecule has 9 heteroatoms. The average Bonchev–Trinajstić information content (AvgIpc) is 3.25. The molecule has 0 atom stereocenters. The highest BCUT2D eigenvalue weighted by atomic mass is 32.2. The van der Waals surface area contributed by atoms with Crippen LogP contribution in [0.2, 0.25) is 0 Å². The number of thiazole rings is 1. The van der Waals surface area contributed by atoms with Crippen molar-refractivity contribution in [1.82, 2.24) is 9.97 Å². The number of methoxy groups -OCH3 is 1. The van der Waals surface area contributed by atoms with Crippen molar-refractivity contribution >= 4 is 42.4 Å². The van der Waals surface area contributed by atoms with Gasteiger partial charge in [-0.25, -0.2) is 13.4 Å². The number of sulfone groups is 1. The number of fused-ring (bicyclic) bond motifs is 1. The number of rotatable bonds is 7. The summed E-state index contributed by atoms with van der Waals surface area (Å²) in [6, 6.07) is 17.2. The highest BCUT2D eigenvalue weighted by molar-refractivity contribution is 7.91. The number of aromatic nitrogens is 2. The van der Waals surface area contributed by atoms with E-state index in [0.717, 1.165) is 4.70 Å². The van der Waals surface area contributed by atoms with E-state index in [1.165, 1.54) is 28.4 Å². The second-order valence-electron chi connectivity index (χ2n) is 6.94. The number of carbonyl (C=O) groups excluding carboxylic acids is 1. The van der Waals surface area contributed by atoms with Crippen LogP contribution in [-0.2, 0) is 16.4 Å². The van der Waals surface area contributed by atoms with Crippen molar-refractivity contribution in [3.63, 3.8) is 0 Å². The van der Waals surface area contributed by atoms with Crippen LogP contribution < -0.4 is 9.64 Å². The Hall–Kier alpha value is -3.30. The van der Waals surface area contributed by atoms with Crippen molar-refractivity contribution in [3.8, 4) is 5.75 Å². The zero-order valence-electron chi connectivity index (χ0n) is 17.6. The maximum atomic E-state index is 13.7. The van der Waals surface area contributed by atoms with Crippen LogP contribution in [0.3, 0.4) is 0 Å². The third-order valence-electron chi connectivity index (χ3n) is 4.94. The summed E-state index contributed by atoms with van der Waals surface area (Å²) in [5, 5.41) is 0.451. The topological polar surface area (TPSA) is 89.5 Å². The molecule has 7 nitrogen and oxygen atoms in total. The smallest absolute Gasteiger partial charge is 0.261 e. The summed E-state index contributed by atoms with van der Waals surface area (Å²) in [4.78, 5) is 24.2. The Morgan fingerprint density at radius 1 is 1.09 bits per heavy atom. The molecule has 0 saturated carbocycles. The van der Waals surface area contributed by atoms with Crippen LogP contribution in [0.15, 0.2) is 71.8 Å². The van der Waals surface area contributed by atoms with Crippen LogP contribution in [0.5, 0.6) is 5.75 Å². The fourth-order valence-corrected chi connectivity index (χ4v) is 5.26. The Balaban J connectivity index is 1.83. The van der Waals surface area contributed by atoms with Crippen LogP contribution in [0.1, 0.15) is 23.0 Å². The van der Waals surface area contributed by atoms with Crippen molar-refractivity contribution in [2.24, 2.45) is 0 Å². The number of carbonyl (C=O) groups is 1. The van der Waals surface area contributed by atoms with E-state index >= 15 is 0 Å². The maximum Gasteiger partial charge on any atom is 0.261 e. The lowest BCUT2D eigenvalue weighted by Gasteiger charge is -2.21. The molecule has 0 fully saturated rings. The van der Waals surface area contributed by atoms with E-state index in [2.05, 4.69) is 9.97 Å². The molecule has 0 bridgehead atoms. The fraction of sp³-hybridized carbons (Fsp3) is 0.174. The van der Waals surface area contributed by atoms with Crippen molar-refractivity contribution in [2.45, 2.75) is 18.4 Å². The minimum atomic E-state index is -3.59. The predicted octanol–water partition coefficient (Wildman–Crippen LogP) is 4.34. The molecule has 0 N–H and O–H groups in total. The molecular weight excluding hydrogens is 446 g/mol. The lowest BCUT2D eigenvalue weighted by molar-refractivity contribution is 0.0981. The van der Waals surface area contributed by atoms with E-state index < -0.39 is 15.7 Å². The summed E-state index contributed by atoms with van der Waals surface area (Å²) in [5.74, 6) is 0.115. The van der Waals surface area contributed by atoms with Crippen molar-refractivity contribution in [2.75, 3.05) is 17.8 Å². The van der Waals surface area contributed by atoms with Gasteiger partial charge in [0.2, 0.25) is 0 Å². The minimum absolute atomic E-state index is 0.0151. The lowest BCUT2D eigenvalue weighted by Crippen LogP contribution is -2.32. The summed E-state index contributed by atoms with van der Waals surface area (Å²) in [6.07, 6.45) is 1.65. The van der Waals surface area contributed by atoms with Crippen molar-refractivity contribution in [1.29, 1.82) is 0 Å². The second kappa shape index (κ2) is 9.05. The SMILES string of the molecule is CCS(=O)(=O)c1ccccc1C(=O)N(Cc1ccccn1)c1nc2cc(OC)ccc2s1. The van der Waals surface area contributed by atoms with Gasteiger partial charge in [0.05, 0.1) is 45.8 Å². The van der Waals surface area contributed by atoms with Crippen LogP contribution in [0.25, 0.3) is 10.2 Å². The van der Waals surface area contributed by atoms with Crippen LogP contribution in [0, 0.1) is 0 Å². The molecule has 0 aliphatic heterocycles. The Morgan fingerprint density at radius 3 is 2.59 bits per heavy atom. The van der Waals surface area contributed by atoms with Gasteiger partial charge in [-0.1, -0.05) is 36.5 Å². The zero-order valence-corrected chi connectivity index (χ0v) is 19.2. The average molecular weight is 468 g/mol. The van der Waals surface area contributed by atoms with E-state index in [4.69, 9.17) is 4.74 Å². The molecule has 32 heavy (non-hydrogen) atoms. The molecular formula is C23H21N3O4S2. The predicted molar refractivity (Wildman–Crippen MR) is 125 cm³/mol. The molecule has 4 rings (SSSR count). The molecule has 0 aliphatic carbocycles. The largest absolute Gasteiger partial charge is 0.497 e. The fourth-order valence-electron chi connectivity index (χ4n) is 3.23. The maximum absolute atomic E-state index is 13.7. The summed E-state index contributed by atoms with van der Waals surface area (Å²) in [6.45, 7) is 1.71. The number of pyridine rings is 1. The van der Waals surface area contributed by atoms with Gasteiger partial charge in [0, 0.05) is 12.3 Å². The Bertz CT molecular complexity index is 1370. The number of nitrogens with zero attached hydrogens (tertiary/aromatic N) is 3. The molecule has 0 aliphatic rings. The van der Waals surface area contributed by atoms with Gasteiger partial charge in [0.15, 0.2) is 15.0 Å². The zero-order chi connectivity index (χ0) is 22.7. The molecule has 0 radical (unpaired) electrons. The standard InChI is InChI=1S/C23H21N3O4S2/c1-3-32(28,29)21-10-5-4-9-18(21)22(27)26(15-16-8-6-7-13-24-16)23-25-19-14-17(30-2)11-12-20(19)31-23/h4-14H,3,15H2,1-2H3. The van der Waals surface area contributed by atoms with Gasteiger partial charge in [0.25, 0.3) is 5.91 Å². The normalized spacial score (nSPS) is 11.4. The van der Waals surface area contributed by atoms with Crippen LogP contribution in [-0.4, -0.2) is 37.2 Å².